The number of nitrogens with zero attached hydrogens (tertiary/aromatic N) is 6. The summed E-state index contributed by atoms with van der Waals surface area (Å²) < 4.78 is 43.5. The summed E-state index contributed by atoms with van der Waals surface area (Å²) in [4.78, 5) is 12.5. The zero-order chi connectivity index (χ0) is 22.9. The summed E-state index contributed by atoms with van der Waals surface area (Å²) in [5.74, 6) is -0.421. The molecule has 0 radical (unpaired) electrons. The van der Waals surface area contributed by atoms with Gasteiger partial charge in [0.2, 0.25) is 0 Å². The van der Waals surface area contributed by atoms with Crippen molar-refractivity contribution < 1.29 is 18.0 Å². The first kappa shape index (κ1) is 21.3. The van der Waals surface area contributed by atoms with Crippen LogP contribution in [0.2, 0.25) is 0 Å². The third-order valence-corrected chi connectivity index (χ3v) is 4.75. The number of benzene rings is 1. The lowest BCUT2D eigenvalue weighted by Crippen LogP contribution is -2.15. The fourth-order valence-electron chi connectivity index (χ4n) is 3.26. The Hall–Kier alpha value is -3.89. The quantitative estimate of drug-likeness (QED) is 0.493. The lowest BCUT2D eigenvalue weighted by atomic mass is 10.1. The maximum absolute atomic E-state index is 12.9. The summed E-state index contributed by atoms with van der Waals surface area (Å²) in [6, 6.07) is 8.58. The van der Waals surface area contributed by atoms with Gasteiger partial charge >= 0.3 is 6.18 Å². The average Bonchev–Trinajstić information content (AvgIpc) is 3.43. The zero-order valence-corrected chi connectivity index (χ0v) is 17.3. The fraction of sp³-hybridized carbons (Fsp3) is 0.238. The van der Waals surface area contributed by atoms with Gasteiger partial charge in [0, 0.05) is 18.1 Å². The van der Waals surface area contributed by atoms with Gasteiger partial charge in [-0.1, -0.05) is 12.1 Å². The highest BCUT2D eigenvalue weighted by molar-refractivity contribution is 6.02. The van der Waals surface area contributed by atoms with Gasteiger partial charge in [0.25, 0.3) is 5.91 Å². The van der Waals surface area contributed by atoms with E-state index in [1.165, 1.54) is 16.9 Å². The number of alkyl halides is 3. The molecule has 3 aromatic heterocycles. The number of aromatic nitrogens is 6. The van der Waals surface area contributed by atoms with Crippen molar-refractivity contribution in [2.75, 3.05) is 5.32 Å². The third-order valence-electron chi connectivity index (χ3n) is 4.75. The van der Waals surface area contributed by atoms with Crippen LogP contribution < -0.4 is 5.32 Å². The van der Waals surface area contributed by atoms with E-state index in [9.17, 15) is 18.0 Å². The molecule has 166 valence electrons. The molecule has 1 aromatic carbocycles. The first-order valence-electron chi connectivity index (χ1n) is 9.72. The van der Waals surface area contributed by atoms with E-state index < -0.39 is 17.6 Å². The summed E-state index contributed by atoms with van der Waals surface area (Å²) in [5, 5.41) is 15.4. The van der Waals surface area contributed by atoms with Crippen LogP contribution in [-0.2, 0) is 19.4 Å². The zero-order valence-electron chi connectivity index (χ0n) is 17.3. The number of halogens is 3. The number of carbonyl (C=O) groups is 1. The van der Waals surface area contributed by atoms with E-state index in [0.717, 1.165) is 23.5 Å². The van der Waals surface area contributed by atoms with Crippen LogP contribution in [0.1, 0.15) is 33.0 Å². The van der Waals surface area contributed by atoms with Crippen LogP contribution in [-0.4, -0.2) is 35.2 Å². The molecule has 0 saturated carbocycles. The summed E-state index contributed by atoms with van der Waals surface area (Å²) in [6.07, 6.45) is 0.253. The van der Waals surface area contributed by atoms with Crippen LogP contribution in [0.25, 0.3) is 0 Å². The molecule has 0 spiro atoms. The van der Waals surface area contributed by atoms with E-state index >= 15 is 0 Å². The Labute approximate surface area is 181 Å². The fourth-order valence-corrected chi connectivity index (χ4v) is 3.26. The molecule has 0 unspecified atom stereocenters. The Bertz CT molecular complexity index is 1250. The molecule has 4 rings (SSSR count). The minimum Gasteiger partial charge on any atom is -0.318 e. The molecule has 11 heteroatoms. The highest BCUT2D eigenvalue weighted by Crippen LogP contribution is 2.29. The van der Waals surface area contributed by atoms with Crippen LogP contribution in [0.4, 0.5) is 18.9 Å². The van der Waals surface area contributed by atoms with E-state index in [2.05, 4.69) is 20.6 Å². The Morgan fingerprint density at radius 1 is 1.09 bits per heavy atom. The summed E-state index contributed by atoms with van der Waals surface area (Å²) in [6.45, 7) is 4.35. The van der Waals surface area contributed by atoms with Crippen molar-refractivity contribution in [3.8, 4) is 0 Å². The second kappa shape index (κ2) is 8.33. The monoisotopic (exact) mass is 443 g/mol. The van der Waals surface area contributed by atoms with Gasteiger partial charge in [0.15, 0.2) is 5.69 Å². The number of hydrogen-bond acceptors (Lipinski definition) is 4. The number of rotatable bonds is 6. The molecule has 8 nitrogen and oxygen atoms in total. The normalized spacial score (nSPS) is 11.7. The maximum Gasteiger partial charge on any atom is 0.416 e. The molecular weight excluding hydrogens is 423 g/mol. The number of carbonyl (C=O) groups excluding carboxylic acids is 1. The van der Waals surface area contributed by atoms with Gasteiger partial charge in [0.1, 0.15) is 6.67 Å². The molecule has 4 aromatic rings. The highest BCUT2D eigenvalue weighted by Gasteiger charge is 2.30. The predicted octanol–water partition coefficient (Wildman–Crippen LogP) is 3.72. The minimum atomic E-state index is -4.41. The van der Waals surface area contributed by atoms with E-state index in [0.29, 0.717) is 17.9 Å². The Balaban J connectivity index is 1.39. The number of aryl methyl sites for hydroxylation is 2. The first-order chi connectivity index (χ1) is 15.2. The van der Waals surface area contributed by atoms with E-state index in [1.807, 2.05) is 19.9 Å². The second-order valence-corrected chi connectivity index (χ2v) is 7.39. The Morgan fingerprint density at radius 2 is 1.91 bits per heavy atom. The van der Waals surface area contributed by atoms with Gasteiger partial charge in [-0.05, 0) is 43.7 Å². The lowest BCUT2D eigenvalue weighted by Gasteiger charge is -2.08. The van der Waals surface area contributed by atoms with Crippen molar-refractivity contribution in [2.24, 2.45) is 0 Å². The van der Waals surface area contributed by atoms with Gasteiger partial charge in [-0.3, -0.25) is 14.2 Å². The molecule has 1 amide bonds. The van der Waals surface area contributed by atoms with Gasteiger partial charge < -0.3 is 5.32 Å². The smallest absolute Gasteiger partial charge is 0.318 e. The van der Waals surface area contributed by atoms with Gasteiger partial charge in [-0.25, -0.2) is 4.68 Å². The van der Waals surface area contributed by atoms with Crippen LogP contribution >= 0.6 is 0 Å². The van der Waals surface area contributed by atoms with Crippen LogP contribution in [0.5, 0.6) is 0 Å². The molecule has 0 saturated heterocycles. The number of hydrogen-bond donors (Lipinski definition) is 1. The van der Waals surface area contributed by atoms with Crippen LogP contribution in [0.15, 0.2) is 55.0 Å². The van der Waals surface area contributed by atoms with Crippen molar-refractivity contribution in [1.82, 2.24) is 29.3 Å². The molecule has 0 aliphatic carbocycles. The van der Waals surface area contributed by atoms with Gasteiger partial charge in [0.05, 0.1) is 29.7 Å². The molecule has 0 fully saturated rings. The summed E-state index contributed by atoms with van der Waals surface area (Å²) in [5.41, 5.74) is 2.25. The first-order valence-corrected chi connectivity index (χ1v) is 9.72. The highest BCUT2D eigenvalue weighted by atomic mass is 19.4. The van der Waals surface area contributed by atoms with Crippen molar-refractivity contribution in [3.05, 3.63) is 83.2 Å². The number of amides is 1. The average molecular weight is 443 g/mol. The summed E-state index contributed by atoms with van der Waals surface area (Å²) >= 11 is 0. The van der Waals surface area contributed by atoms with E-state index in [-0.39, 0.29) is 12.2 Å². The molecule has 0 bridgehead atoms. The van der Waals surface area contributed by atoms with Gasteiger partial charge in [-0.2, -0.15) is 28.5 Å². The molecule has 0 aliphatic rings. The van der Waals surface area contributed by atoms with Gasteiger partial charge in [-0.15, -0.1) is 0 Å². The lowest BCUT2D eigenvalue weighted by molar-refractivity contribution is -0.137. The SMILES string of the molecule is Cc1cc(C)n(Cn2ccc(C(=O)Nc3cnn(Cc4cccc(C(F)(F)F)c4)c3)n2)n1. The van der Waals surface area contributed by atoms with Crippen LogP contribution in [0.3, 0.4) is 0 Å². The number of nitrogens with one attached hydrogen (secondary N) is 1. The maximum atomic E-state index is 12.9. The molecular formula is C21H20F3N7O. The van der Waals surface area contributed by atoms with Crippen molar-refractivity contribution in [1.29, 1.82) is 0 Å². The molecule has 0 aliphatic heterocycles. The van der Waals surface area contributed by atoms with Crippen molar-refractivity contribution in [2.45, 2.75) is 33.2 Å². The second-order valence-electron chi connectivity index (χ2n) is 7.39. The summed E-state index contributed by atoms with van der Waals surface area (Å²) in [7, 11) is 0. The molecule has 0 atom stereocenters. The van der Waals surface area contributed by atoms with E-state index in [1.54, 1.807) is 33.9 Å². The van der Waals surface area contributed by atoms with Crippen molar-refractivity contribution in [3.63, 3.8) is 0 Å². The Morgan fingerprint density at radius 3 is 2.62 bits per heavy atom. The molecule has 32 heavy (non-hydrogen) atoms. The third kappa shape index (κ3) is 4.88. The van der Waals surface area contributed by atoms with Crippen molar-refractivity contribution >= 4 is 11.6 Å². The van der Waals surface area contributed by atoms with E-state index in [4.69, 9.17) is 0 Å². The molecule has 3 heterocycles. The molecule has 1 N–H and O–H groups in total. The predicted molar refractivity (Wildman–Crippen MR) is 110 cm³/mol. The largest absolute Gasteiger partial charge is 0.416 e. The minimum absolute atomic E-state index is 0.136. The van der Waals surface area contributed by atoms with Crippen LogP contribution in [0, 0.1) is 13.8 Å². The standard InChI is InChI=1S/C21H20F3N7O/c1-14-8-15(2)31(27-14)13-29-7-6-19(28-29)20(32)26-18-10-25-30(12-18)11-16-4-3-5-17(9-16)21(22,23)24/h3-10,12H,11,13H2,1-2H3,(H,26,32). The Kier molecular flexibility index (Phi) is 5.56. The topological polar surface area (TPSA) is 82.6 Å². The number of anilines is 1.